The second-order valence-corrected chi connectivity index (χ2v) is 17.2. The lowest BCUT2D eigenvalue weighted by Crippen LogP contribution is -1.89. The summed E-state index contributed by atoms with van der Waals surface area (Å²) in [5.41, 5.74) is 11.2. The Balaban J connectivity index is 0.995. The highest BCUT2D eigenvalue weighted by Crippen LogP contribution is 2.46. The Hall–Kier alpha value is -8.26. The molecule has 14 rings (SSSR count). The normalized spacial score (nSPS) is 12.1. The summed E-state index contributed by atoms with van der Waals surface area (Å²) >= 11 is 0. The molecule has 0 saturated carbocycles. The summed E-state index contributed by atoms with van der Waals surface area (Å²) in [5.74, 6) is 0. The second kappa shape index (κ2) is 13.1. The molecular formula is C62H36O. The fraction of sp³-hybridized carbons (Fsp3) is 0. The number of rotatable bonds is 4. The Morgan fingerprint density at radius 3 is 1.71 bits per heavy atom. The van der Waals surface area contributed by atoms with Crippen LogP contribution < -0.4 is 0 Å². The number of benzene rings is 13. The van der Waals surface area contributed by atoms with Crippen LogP contribution in [0.4, 0.5) is 0 Å². The predicted octanol–water partition coefficient (Wildman–Crippen LogP) is 17.8. The van der Waals surface area contributed by atoms with E-state index in [1.807, 2.05) is 0 Å². The molecule has 1 aromatic heterocycles. The van der Waals surface area contributed by atoms with Gasteiger partial charge in [-0.05, 0) is 151 Å². The molecule has 13 aromatic carbocycles. The molecule has 63 heavy (non-hydrogen) atoms. The monoisotopic (exact) mass is 796 g/mol. The van der Waals surface area contributed by atoms with E-state index in [2.05, 4.69) is 218 Å². The fourth-order valence-corrected chi connectivity index (χ4v) is 10.7. The van der Waals surface area contributed by atoms with Gasteiger partial charge >= 0.3 is 0 Å². The molecular weight excluding hydrogens is 761 g/mol. The van der Waals surface area contributed by atoms with Crippen molar-refractivity contribution in [3.63, 3.8) is 0 Å². The average molecular weight is 797 g/mol. The Bertz CT molecular complexity index is 4160. The van der Waals surface area contributed by atoms with Gasteiger partial charge in [0.1, 0.15) is 11.2 Å². The van der Waals surface area contributed by atoms with Crippen molar-refractivity contribution in [2.24, 2.45) is 0 Å². The highest BCUT2D eigenvalue weighted by Gasteiger charge is 2.20. The molecule has 1 heterocycles. The van der Waals surface area contributed by atoms with Crippen LogP contribution in [0.2, 0.25) is 0 Å². The quantitative estimate of drug-likeness (QED) is 0.162. The molecule has 1 nitrogen and oxygen atoms in total. The third kappa shape index (κ3) is 5.17. The van der Waals surface area contributed by atoms with E-state index in [4.69, 9.17) is 4.42 Å². The highest BCUT2D eigenvalue weighted by molar-refractivity contribution is 6.27. The van der Waals surface area contributed by atoms with Crippen LogP contribution in [0.15, 0.2) is 223 Å². The zero-order chi connectivity index (χ0) is 41.2. The molecule has 290 valence electrons. The molecule has 0 radical (unpaired) electrons. The van der Waals surface area contributed by atoms with Gasteiger partial charge in [-0.3, -0.25) is 0 Å². The lowest BCUT2D eigenvalue weighted by Gasteiger charge is -2.15. The van der Waals surface area contributed by atoms with Gasteiger partial charge in [0, 0.05) is 16.3 Å². The summed E-state index contributed by atoms with van der Waals surface area (Å²) < 4.78 is 7.08. The van der Waals surface area contributed by atoms with Crippen LogP contribution in [0, 0.1) is 0 Å². The van der Waals surface area contributed by atoms with E-state index in [1.165, 1.54) is 103 Å². The van der Waals surface area contributed by atoms with Crippen LogP contribution in [-0.2, 0) is 0 Å². The number of furan rings is 1. The summed E-state index contributed by atoms with van der Waals surface area (Å²) in [6.07, 6.45) is 0. The second-order valence-electron chi connectivity index (χ2n) is 17.2. The van der Waals surface area contributed by atoms with Crippen molar-refractivity contribution in [3.05, 3.63) is 218 Å². The first-order valence-corrected chi connectivity index (χ1v) is 21.8. The largest absolute Gasteiger partial charge is 0.455 e. The van der Waals surface area contributed by atoms with Crippen molar-refractivity contribution in [3.8, 4) is 44.5 Å². The zero-order valence-electron chi connectivity index (χ0n) is 34.2. The molecule has 0 amide bonds. The van der Waals surface area contributed by atoms with Crippen LogP contribution in [-0.4, -0.2) is 0 Å². The first-order valence-electron chi connectivity index (χ1n) is 21.8. The molecule has 0 saturated heterocycles. The summed E-state index contributed by atoms with van der Waals surface area (Å²) in [5, 5.41) is 19.9. The van der Waals surface area contributed by atoms with Crippen molar-refractivity contribution in [2.75, 3.05) is 0 Å². The average Bonchev–Trinajstić information content (AvgIpc) is 3.71. The van der Waals surface area contributed by atoms with Crippen LogP contribution in [0.3, 0.4) is 0 Å². The van der Waals surface area contributed by atoms with E-state index in [9.17, 15) is 0 Å². The van der Waals surface area contributed by atoms with Crippen molar-refractivity contribution >= 4 is 97.3 Å². The van der Waals surface area contributed by atoms with Gasteiger partial charge in [0.15, 0.2) is 0 Å². The number of fused-ring (bicyclic) bond motifs is 9. The van der Waals surface area contributed by atoms with Crippen LogP contribution >= 0.6 is 0 Å². The van der Waals surface area contributed by atoms with Crippen LogP contribution in [0.25, 0.3) is 142 Å². The van der Waals surface area contributed by atoms with Gasteiger partial charge in [0.25, 0.3) is 0 Å². The van der Waals surface area contributed by atoms with Crippen LogP contribution in [0.1, 0.15) is 0 Å². The van der Waals surface area contributed by atoms with Gasteiger partial charge in [-0.15, -0.1) is 0 Å². The molecule has 0 fully saturated rings. The smallest absolute Gasteiger partial charge is 0.143 e. The Morgan fingerprint density at radius 1 is 0.222 bits per heavy atom. The summed E-state index contributed by atoms with van der Waals surface area (Å²) in [7, 11) is 0. The van der Waals surface area contributed by atoms with E-state index in [-0.39, 0.29) is 0 Å². The SMILES string of the molecule is c1ccc(-c2ccc3cc4c(cc3c2)oc2c(-c3cc5ccc6ccccc6c5c5ccccc35)cc(-c3ccc(-c5ccc6ccc7cccc8ccc5c6c78)cc3)cc24)cc1. The van der Waals surface area contributed by atoms with Gasteiger partial charge in [-0.25, -0.2) is 0 Å². The van der Waals surface area contributed by atoms with Crippen molar-refractivity contribution in [1.29, 1.82) is 0 Å². The van der Waals surface area contributed by atoms with Crippen molar-refractivity contribution in [2.45, 2.75) is 0 Å². The maximum Gasteiger partial charge on any atom is 0.143 e. The predicted molar refractivity (Wildman–Crippen MR) is 269 cm³/mol. The van der Waals surface area contributed by atoms with Gasteiger partial charge in [-0.1, -0.05) is 182 Å². The van der Waals surface area contributed by atoms with Gasteiger partial charge in [0.2, 0.25) is 0 Å². The van der Waals surface area contributed by atoms with Crippen LogP contribution in [0.5, 0.6) is 0 Å². The zero-order valence-corrected chi connectivity index (χ0v) is 34.2. The summed E-state index contributed by atoms with van der Waals surface area (Å²) in [6, 6.07) is 80.6. The van der Waals surface area contributed by atoms with E-state index >= 15 is 0 Å². The Kier molecular flexibility index (Phi) is 7.17. The molecule has 0 aliphatic heterocycles. The minimum Gasteiger partial charge on any atom is -0.455 e. The Morgan fingerprint density at radius 2 is 0.857 bits per heavy atom. The van der Waals surface area contributed by atoms with Crippen molar-refractivity contribution < 1.29 is 4.42 Å². The van der Waals surface area contributed by atoms with Gasteiger partial charge in [0.05, 0.1) is 0 Å². The third-order valence-electron chi connectivity index (χ3n) is 13.7. The number of hydrogen-bond acceptors (Lipinski definition) is 1. The molecule has 0 N–H and O–H groups in total. The molecule has 0 aliphatic rings. The first kappa shape index (κ1) is 34.5. The Labute approximate surface area is 363 Å². The minimum atomic E-state index is 0.890. The number of hydrogen-bond donors (Lipinski definition) is 0. The standard InChI is InChI=1S/C62H36O/c1-2-9-37(10-3-1)44-24-25-45-32-55-57-35-48(38-17-19-40(20-18-38)49-29-27-43-23-22-41-12-8-13-42-28-30-53(49)61(43)59(41)42)34-56(62(57)63-58(55)36-47(45)31-44)54-33-46-26-21-39-11-4-5-14-50(39)60(46)52-16-7-6-15-51(52)54/h1-36H. The maximum atomic E-state index is 7.08. The first-order chi connectivity index (χ1) is 31.2. The summed E-state index contributed by atoms with van der Waals surface area (Å²) in [6.45, 7) is 0. The molecule has 0 spiro atoms. The molecule has 0 atom stereocenters. The lowest BCUT2D eigenvalue weighted by molar-refractivity contribution is 0.670. The minimum absolute atomic E-state index is 0.890. The van der Waals surface area contributed by atoms with Gasteiger partial charge in [-0.2, -0.15) is 0 Å². The molecule has 1 heteroatoms. The van der Waals surface area contributed by atoms with E-state index in [0.29, 0.717) is 0 Å². The molecule has 0 aliphatic carbocycles. The summed E-state index contributed by atoms with van der Waals surface area (Å²) in [4.78, 5) is 0. The molecule has 0 unspecified atom stereocenters. The third-order valence-corrected chi connectivity index (χ3v) is 13.7. The maximum absolute atomic E-state index is 7.08. The van der Waals surface area contributed by atoms with E-state index in [0.717, 1.165) is 38.5 Å². The lowest BCUT2D eigenvalue weighted by atomic mass is 9.88. The molecule has 14 aromatic rings. The van der Waals surface area contributed by atoms with E-state index < -0.39 is 0 Å². The van der Waals surface area contributed by atoms with Gasteiger partial charge < -0.3 is 4.42 Å². The van der Waals surface area contributed by atoms with Crippen molar-refractivity contribution in [1.82, 2.24) is 0 Å². The van der Waals surface area contributed by atoms with E-state index in [1.54, 1.807) is 0 Å². The topological polar surface area (TPSA) is 13.1 Å². The highest BCUT2D eigenvalue weighted by atomic mass is 16.3. The fourth-order valence-electron chi connectivity index (χ4n) is 10.7. The molecule has 0 bridgehead atoms.